The summed E-state index contributed by atoms with van der Waals surface area (Å²) in [6.07, 6.45) is 1.85. The van der Waals surface area contributed by atoms with Gasteiger partial charge in [0.2, 0.25) is 0 Å². The molecule has 0 atom stereocenters. The van der Waals surface area contributed by atoms with E-state index in [-0.39, 0.29) is 25.3 Å². The molecule has 6 nitrogen and oxygen atoms in total. The highest BCUT2D eigenvalue weighted by Crippen LogP contribution is 2.28. The highest BCUT2D eigenvalue weighted by atomic mass is 19.1. The van der Waals surface area contributed by atoms with E-state index in [1.165, 1.54) is 24.4 Å². The fourth-order valence-electron chi connectivity index (χ4n) is 3.75. The van der Waals surface area contributed by atoms with Gasteiger partial charge < -0.3 is 13.6 Å². The molecule has 0 saturated heterocycles. The van der Waals surface area contributed by atoms with Gasteiger partial charge in [0, 0.05) is 29.0 Å². The van der Waals surface area contributed by atoms with Crippen LogP contribution < -0.4 is 5.63 Å². The summed E-state index contributed by atoms with van der Waals surface area (Å²) >= 11 is 0. The smallest absolute Gasteiger partial charge is 0.336 e. The SMILES string of the molecule is O=C(CCc1ncc(-c2ccc(F)cc2)o1)OCc1cc(=O)oc2ccc3ccccc3c12. The molecule has 0 amide bonds. The fraction of sp³-hybridized carbons (Fsp3) is 0.115. The fourth-order valence-corrected chi connectivity index (χ4v) is 3.75. The van der Waals surface area contributed by atoms with E-state index in [0.717, 1.165) is 16.2 Å². The minimum Gasteiger partial charge on any atom is -0.461 e. The molecular weight excluding hydrogens is 425 g/mol. The molecule has 5 aromatic rings. The van der Waals surface area contributed by atoms with Gasteiger partial charge in [-0.2, -0.15) is 0 Å². The molecule has 7 heteroatoms. The quantitative estimate of drug-likeness (QED) is 0.198. The van der Waals surface area contributed by atoms with Crippen LogP contribution in [-0.2, 0) is 22.6 Å². The number of benzene rings is 3. The largest absolute Gasteiger partial charge is 0.461 e. The maximum Gasteiger partial charge on any atom is 0.336 e. The highest BCUT2D eigenvalue weighted by Gasteiger charge is 2.13. The molecule has 33 heavy (non-hydrogen) atoms. The summed E-state index contributed by atoms with van der Waals surface area (Å²) in [6, 6.07) is 18.6. The van der Waals surface area contributed by atoms with Crippen molar-refractivity contribution in [3.05, 3.63) is 101 Å². The minimum absolute atomic E-state index is 0.0542. The zero-order valence-corrected chi connectivity index (χ0v) is 17.4. The normalized spacial score (nSPS) is 11.2. The first-order valence-electron chi connectivity index (χ1n) is 10.4. The van der Waals surface area contributed by atoms with Crippen LogP contribution in [0.15, 0.2) is 86.6 Å². The molecule has 0 aliphatic heterocycles. The molecule has 0 saturated carbocycles. The predicted molar refractivity (Wildman–Crippen MR) is 120 cm³/mol. The average molecular weight is 443 g/mol. The lowest BCUT2D eigenvalue weighted by Gasteiger charge is -2.09. The molecule has 0 aliphatic carbocycles. The molecule has 2 heterocycles. The molecule has 0 radical (unpaired) electrons. The predicted octanol–water partition coefficient (Wildman–Crippen LogP) is 5.42. The number of esters is 1. The summed E-state index contributed by atoms with van der Waals surface area (Å²) in [5, 5.41) is 2.65. The molecule has 3 aromatic carbocycles. The van der Waals surface area contributed by atoms with Gasteiger partial charge in [0.1, 0.15) is 18.0 Å². The standard InChI is InChI=1S/C26H18FNO5/c27-19-8-5-17(6-9-19)22-14-28-23(32-22)11-12-24(29)31-15-18-13-25(30)33-21-10-7-16-3-1-2-4-20(16)26(18)21/h1-10,13-14H,11-12,15H2. The van der Waals surface area contributed by atoms with Crippen molar-refractivity contribution in [2.75, 3.05) is 0 Å². The van der Waals surface area contributed by atoms with E-state index in [4.69, 9.17) is 13.6 Å². The summed E-state index contributed by atoms with van der Waals surface area (Å²) in [4.78, 5) is 28.5. The number of rotatable bonds is 6. The van der Waals surface area contributed by atoms with Crippen LogP contribution in [0.1, 0.15) is 17.9 Å². The molecule has 0 bridgehead atoms. The Balaban J connectivity index is 1.28. The molecule has 0 aliphatic rings. The van der Waals surface area contributed by atoms with E-state index in [1.54, 1.807) is 18.2 Å². The molecule has 0 N–H and O–H groups in total. The van der Waals surface area contributed by atoms with Gasteiger partial charge in [-0.05, 0) is 41.1 Å². The Morgan fingerprint density at radius 1 is 1.00 bits per heavy atom. The molecule has 164 valence electrons. The first-order valence-corrected chi connectivity index (χ1v) is 10.4. The summed E-state index contributed by atoms with van der Waals surface area (Å²) in [5.74, 6) is 0.0900. The van der Waals surface area contributed by atoms with Crippen molar-refractivity contribution in [2.45, 2.75) is 19.4 Å². The van der Waals surface area contributed by atoms with Crippen molar-refractivity contribution >= 4 is 27.7 Å². The van der Waals surface area contributed by atoms with Crippen molar-refractivity contribution in [3.63, 3.8) is 0 Å². The third kappa shape index (κ3) is 4.39. The van der Waals surface area contributed by atoms with Crippen molar-refractivity contribution in [3.8, 4) is 11.3 Å². The van der Waals surface area contributed by atoms with E-state index in [9.17, 15) is 14.0 Å². The number of nitrogens with zero attached hydrogens (tertiary/aromatic N) is 1. The number of oxazole rings is 1. The lowest BCUT2D eigenvalue weighted by molar-refractivity contribution is -0.144. The van der Waals surface area contributed by atoms with Crippen molar-refractivity contribution in [2.24, 2.45) is 0 Å². The van der Waals surface area contributed by atoms with Crippen LogP contribution in [0, 0.1) is 5.82 Å². The Kier molecular flexibility index (Phi) is 5.44. The second-order valence-corrected chi connectivity index (χ2v) is 7.54. The zero-order chi connectivity index (χ0) is 22.8. The second-order valence-electron chi connectivity index (χ2n) is 7.54. The van der Waals surface area contributed by atoms with E-state index in [0.29, 0.717) is 28.4 Å². The monoisotopic (exact) mass is 443 g/mol. The first kappa shape index (κ1) is 20.6. The van der Waals surface area contributed by atoms with Crippen molar-refractivity contribution in [1.29, 1.82) is 0 Å². The van der Waals surface area contributed by atoms with Gasteiger partial charge in [0.05, 0.1) is 12.6 Å². The van der Waals surface area contributed by atoms with E-state index in [2.05, 4.69) is 4.98 Å². The van der Waals surface area contributed by atoms with Gasteiger partial charge in [-0.15, -0.1) is 0 Å². The highest BCUT2D eigenvalue weighted by molar-refractivity contribution is 6.07. The maximum atomic E-state index is 13.1. The van der Waals surface area contributed by atoms with Gasteiger partial charge in [-0.3, -0.25) is 4.79 Å². The van der Waals surface area contributed by atoms with Crippen LogP contribution in [0.3, 0.4) is 0 Å². The van der Waals surface area contributed by atoms with Crippen LogP contribution in [0.5, 0.6) is 0 Å². The van der Waals surface area contributed by atoms with E-state index < -0.39 is 11.6 Å². The van der Waals surface area contributed by atoms with Gasteiger partial charge in [-0.1, -0.05) is 30.3 Å². The molecular formula is C26H18FNO5. The Morgan fingerprint density at radius 3 is 2.67 bits per heavy atom. The van der Waals surface area contributed by atoms with Crippen LogP contribution >= 0.6 is 0 Å². The Morgan fingerprint density at radius 2 is 1.82 bits per heavy atom. The lowest BCUT2D eigenvalue weighted by atomic mass is 10.0. The molecule has 2 aromatic heterocycles. The number of halogens is 1. The van der Waals surface area contributed by atoms with Crippen molar-refractivity contribution in [1.82, 2.24) is 4.98 Å². The maximum absolute atomic E-state index is 13.1. The van der Waals surface area contributed by atoms with Gasteiger partial charge in [-0.25, -0.2) is 14.2 Å². The van der Waals surface area contributed by atoms with Crippen LogP contribution in [0.4, 0.5) is 4.39 Å². The summed E-state index contributed by atoms with van der Waals surface area (Å²) in [5.41, 5.74) is 1.22. The van der Waals surface area contributed by atoms with Gasteiger partial charge in [0.25, 0.3) is 0 Å². The number of aryl methyl sites for hydroxylation is 1. The summed E-state index contributed by atoms with van der Waals surface area (Å²) < 4.78 is 29.5. The van der Waals surface area contributed by atoms with Crippen LogP contribution in [-0.4, -0.2) is 11.0 Å². The number of carbonyl (C=O) groups excluding carboxylic acids is 1. The third-order valence-electron chi connectivity index (χ3n) is 5.33. The summed E-state index contributed by atoms with van der Waals surface area (Å²) in [6.45, 7) is -0.0542. The third-order valence-corrected chi connectivity index (χ3v) is 5.33. The minimum atomic E-state index is -0.503. The number of hydrogen-bond donors (Lipinski definition) is 0. The molecule has 0 spiro atoms. The lowest BCUT2D eigenvalue weighted by Crippen LogP contribution is -2.08. The average Bonchev–Trinajstić information content (AvgIpc) is 3.30. The number of ether oxygens (including phenoxy) is 1. The second kappa shape index (κ2) is 8.70. The van der Waals surface area contributed by atoms with E-state index in [1.807, 2.05) is 30.3 Å². The van der Waals surface area contributed by atoms with Gasteiger partial charge in [0.15, 0.2) is 11.7 Å². The molecule has 5 rings (SSSR count). The molecule has 0 unspecified atom stereocenters. The van der Waals surface area contributed by atoms with Crippen LogP contribution in [0.2, 0.25) is 0 Å². The van der Waals surface area contributed by atoms with Crippen molar-refractivity contribution < 1.29 is 22.8 Å². The zero-order valence-electron chi connectivity index (χ0n) is 17.4. The Labute approximate surface area is 187 Å². The van der Waals surface area contributed by atoms with Crippen LogP contribution in [0.25, 0.3) is 33.1 Å². The number of aromatic nitrogens is 1. The summed E-state index contributed by atoms with van der Waals surface area (Å²) in [7, 11) is 0. The Hall–Kier alpha value is -4.26. The van der Waals surface area contributed by atoms with E-state index >= 15 is 0 Å². The van der Waals surface area contributed by atoms with Gasteiger partial charge >= 0.3 is 11.6 Å². The number of fused-ring (bicyclic) bond motifs is 3. The first-order chi connectivity index (χ1) is 16.1. The number of hydrogen-bond acceptors (Lipinski definition) is 6. The molecule has 0 fully saturated rings. The Bertz CT molecular complexity index is 1520. The topological polar surface area (TPSA) is 82.5 Å². The number of carbonyl (C=O) groups is 1.